The van der Waals surface area contributed by atoms with E-state index in [1.807, 2.05) is 31.2 Å². The molecule has 2 aromatic carbocycles. The van der Waals surface area contributed by atoms with Crippen LogP contribution >= 0.6 is 0 Å². The number of benzene rings is 2. The van der Waals surface area contributed by atoms with Gasteiger partial charge in [-0.1, -0.05) is 35.9 Å². The van der Waals surface area contributed by atoms with Crippen LogP contribution in [0.2, 0.25) is 0 Å². The van der Waals surface area contributed by atoms with E-state index in [-0.39, 0.29) is 11.1 Å². The maximum Gasteiger partial charge on any atom is 0.337 e. The number of ether oxygens (including phenoxy) is 1. The van der Waals surface area contributed by atoms with Crippen LogP contribution in [0.1, 0.15) is 21.5 Å². The Balaban J connectivity index is 1.61. The molecule has 3 rings (SSSR count). The van der Waals surface area contributed by atoms with Crippen molar-refractivity contribution in [3.8, 4) is 5.75 Å². The van der Waals surface area contributed by atoms with Gasteiger partial charge in [0.25, 0.3) is 11.5 Å². The number of aryl methyl sites for hydroxylation is 1. The summed E-state index contributed by atoms with van der Waals surface area (Å²) in [5.41, 5.74) is 7.18. The predicted molar refractivity (Wildman–Crippen MR) is 114 cm³/mol. The number of hydrogen-bond acceptors (Lipinski definition) is 4. The van der Waals surface area contributed by atoms with Crippen molar-refractivity contribution in [2.75, 3.05) is 12.4 Å². The van der Waals surface area contributed by atoms with Crippen molar-refractivity contribution in [1.82, 2.24) is 15.4 Å². The van der Waals surface area contributed by atoms with Crippen LogP contribution in [0, 0.1) is 6.92 Å². The van der Waals surface area contributed by atoms with Crippen molar-refractivity contribution >= 4 is 17.6 Å². The van der Waals surface area contributed by atoms with E-state index >= 15 is 0 Å². The van der Waals surface area contributed by atoms with Crippen molar-refractivity contribution in [2.24, 2.45) is 0 Å². The number of nitrogens with one attached hydrogen (secondary N) is 3. The second-order valence-corrected chi connectivity index (χ2v) is 6.63. The van der Waals surface area contributed by atoms with E-state index in [1.54, 1.807) is 24.3 Å². The predicted octanol–water partition coefficient (Wildman–Crippen LogP) is 2.68. The zero-order chi connectivity index (χ0) is 21.5. The molecule has 154 valence electrons. The van der Waals surface area contributed by atoms with Crippen molar-refractivity contribution in [3.05, 3.63) is 93.9 Å². The van der Waals surface area contributed by atoms with E-state index in [2.05, 4.69) is 16.2 Å². The lowest BCUT2D eigenvalue weighted by molar-refractivity contribution is 0.0937. The maximum absolute atomic E-state index is 12.4. The van der Waals surface area contributed by atoms with Crippen LogP contribution in [-0.4, -0.2) is 23.6 Å². The molecule has 3 amide bonds. The van der Waals surface area contributed by atoms with Gasteiger partial charge in [-0.2, -0.15) is 0 Å². The number of amides is 3. The minimum absolute atomic E-state index is 0.226. The summed E-state index contributed by atoms with van der Waals surface area (Å²) in [6, 6.07) is 16.7. The molecule has 0 aliphatic heterocycles. The first-order valence-corrected chi connectivity index (χ1v) is 9.22. The van der Waals surface area contributed by atoms with Gasteiger partial charge in [0.05, 0.1) is 19.2 Å². The smallest absolute Gasteiger partial charge is 0.337 e. The first kappa shape index (κ1) is 20.7. The monoisotopic (exact) mass is 406 g/mol. The normalized spacial score (nSPS) is 10.2. The molecule has 0 atom stereocenters. The standard InChI is InChI=1S/C22H22N4O4/c1-15-6-8-16(9-7-15)13-26-14-17(10-11-20(26)27)21(28)24-25-22(29)23-18-4-3-5-19(12-18)30-2/h3-12,14H,13H2,1-2H3,(H,24,28)(H2,23,25,29). The van der Waals surface area contributed by atoms with Gasteiger partial charge >= 0.3 is 6.03 Å². The highest BCUT2D eigenvalue weighted by Gasteiger charge is 2.10. The summed E-state index contributed by atoms with van der Waals surface area (Å²) in [6.07, 6.45) is 1.46. The Morgan fingerprint density at radius 1 is 1.00 bits per heavy atom. The average molecular weight is 406 g/mol. The van der Waals surface area contributed by atoms with Crippen LogP contribution in [0.4, 0.5) is 10.5 Å². The van der Waals surface area contributed by atoms with E-state index in [4.69, 9.17) is 4.74 Å². The Labute approximate surface area is 173 Å². The molecule has 0 aliphatic carbocycles. The van der Waals surface area contributed by atoms with Gasteiger partial charge in [0.1, 0.15) is 5.75 Å². The molecule has 1 aromatic heterocycles. The highest BCUT2D eigenvalue weighted by molar-refractivity contribution is 5.96. The fraction of sp³-hybridized carbons (Fsp3) is 0.136. The lowest BCUT2D eigenvalue weighted by Crippen LogP contribution is -2.44. The van der Waals surface area contributed by atoms with Crippen molar-refractivity contribution in [2.45, 2.75) is 13.5 Å². The third kappa shape index (κ3) is 5.48. The molecule has 0 saturated carbocycles. The summed E-state index contributed by atoms with van der Waals surface area (Å²) in [6.45, 7) is 2.32. The molecular weight excluding hydrogens is 384 g/mol. The number of nitrogens with zero attached hydrogens (tertiary/aromatic N) is 1. The summed E-state index contributed by atoms with van der Waals surface area (Å²) in [5, 5.41) is 2.58. The summed E-state index contributed by atoms with van der Waals surface area (Å²) in [7, 11) is 1.53. The number of anilines is 1. The van der Waals surface area contributed by atoms with E-state index < -0.39 is 11.9 Å². The Hall–Kier alpha value is -4.07. The number of carbonyl (C=O) groups excluding carboxylic acids is 2. The van der Waals surface area contributed by atoms with Gasteiger partial charge in [-0.3, -0.25) is 15.0 Å². The average Bonchev–Trinajstić information content (AvgIpc) is 2.75. The molecule has 0 fully saturated rings. The molecule has 1 heterocycles. The van der Waals surface area contributed by atoms with Crippen molar-refractivity contribution in [1.29, 1.82) is 0 Å². The third-order valence-electron chi connectivity index (χ3n) is 4.34. The maximum atomic E-state index is 12.4. The third-order valence-corrected chi connectivity index (χ3v) is 4.34. The topological polar surface area (TPSA) is 101 Å². The number of carbonyl (C=O) groups is 2. The van der Waals surface area contributed by atoms with Crippen LogP contribution in [-0.2, 0) is 6.54 Å². The van der Waals surface area contributed by atoms with Gasteiger partial charge in [0.2, 0.25) is 0 Å². The molecule has 3 N–H and O–H groups in total. The highest BCUT2D eigenvalue weighted by Crippen LogP contribution is 2.16. The number of pyridine rings is 1. The number of hydrogen-bond donors (Lipinski definition) is 3. The SMILES string of the molecule is COc1cccc(NC(=O)NNC(=O)c2ccc(=O)n(Cc3ccc(C)cc3)c2)c1. The molecule has 8 nitrogen and oxygen atoms in total. The van der Waals surface area contributed by atoms with Crippen LogP contribution in [0.3, 0.4) is 0 Å². The zero-order valence-electron chi connectivity index (χ0n) is 16.6. The number of rotatable bonds is 5. The minimum Gasteiger partial charge on any atom is -0.497 e. The first-order chi connectivity index (χ1) is 14.4. The molecule has 30 heavy (non-hydrogen) atoms. The van der Waals surface area contributed by atoms with Gasteiger partial charge in [0, 0.05) is 24.0 Å². The van der Waals surface area contributed by atoms with E-state index in [0.29, 0.717) is 18.0 Å². The van der Waals surface area contributed by atoms with Crippen LogP contribution in [0.25, 0.3) is 0 Å². The molecule has 0 spiro atoms. The van der Waals surface area contributed by atoms with E-state index in [1.165, 1.54) is 30.0 Å². The number of urea groups is 1. The summed E-state index contributed by atoms with van der Waals surface area (Å²) >= 11 is 0. The molecule has 0 unspecified atom stereocenters. The van der Waals surface area contributed by atoms with Crippen LogP contribution in [0.15, 0.2) is 71.7 Å². The van der Waals surface area contributed by atoms with Gasteiger partial charge in [-0.25, -0.2) is 10.2 Å². The quantitative estimate of drug-likeness (QED) is 0.567. The van der Waals surface area contributed by atoms with Gasteiger partial charge in [-0.15, -0.1) is 0 Å². The van der Waals surface area contributed by atoms with E-state index in [0.717, 1.165) is 11.1 Å². The summed E-state index contributed by atoms with van der Waals surface area (Å²) < 4.78 is 6.53. The molecule has 0 saturated heterocycles. The molecule has 0 radical (unpaired) electrons. The Bertz CT molecular complexity index is 1110. The fourth-order valence-corrected chi connectivity index (χ4v) is 2.73. The largest absolute Gasteiger partial charge is 0.497 e. The molecule has 3 aromatic rings. The van der Waals surface area contributed by atoms with Crippen LogP contribution in [0.5, 0.6) is 5.75 Å². The Morgan fingerprint density at radius 2 is 1.77 bits per heavy atom. The molecule has 0 aliphatic rings. The first-order valence-electron chi connectivity index (χ1n) is 9.22. The number of hydrazine groups is 1. The van der Waals surface area contributed by atoms with Gasteiger partial charge in [-0.05, 0) is 30.7 Å². The second kappa shape index (κ2) is 9.42. The van der Waals surface area contributed by atoms with Crippen molar-refractivity contribution in [3.63, 3.8) is 0 Å². The fourth-order valence-electron chi connectivity index (χ4n) is 2.73. The van der Waals surface area contributed by atoms with Gasteiger partial charge < -0.3 is 14.6 Å². The van der Waals surface area contributed by atoms with Crippen molar-refractivity contribution < 1.29 is 14.3 Å². The summed E-state index contributed by atoms with van der Waals surface area (Å²) in [4.78, 5) is 36.5. The molecule has 0 bridgehead atoms. The lowest BCUT2D eigenvalue weighted by Gasteiger charge is -2.11. The second-order valence-electron chi connectivity index (χ2n) is 6.63. The zero-order valence-corrected chi connectivity index (χ0v) is 16.6. The molecule has 8 heteroatoms. The Kier molecular flexibility index (Phi) is 6.49. The number of methoxy groups -OCH3 is 1. The Morgan fingerprint density at radius 3 is 2.50 bits per heavy atom. The number of aromatic nitrogens is 1. The lowest BCUT2D eigenvalue weighted by atomic mass is 10.1. The highest BCUT2D eigenvalue weighted by atomic mass is 16.5. The minimum atomic E-state index is -0.621. The summed E-state index contributed by atoms with van der Waals surface area (Å²) in [5.74, 6) is 0.0427. The van der Waals surface area contributed by atoms with Crippen LogP contribution < -0.4 is 26.5 Å². The van der Waals surface area contributed by atoms with Gasteiger partial charge in [0.15, 0.2) is 0 Å². The molecular formula is C22H22N4O4. The van der Waals surface area contributed by atoms with E-state index in [9.17, 15) is 14.4 Å².